The van der Waals surface area contributed by atoms with Gasteiger partial charge in [0, 0.05) is 0 Å². The van der Waals surface area contributed by atoms with Crippen LogP contribution in [0.25, 0.3) is 0 Å². The van der Waals surface area contributed by atoms with Gasteiger partial charge in [-0.15, -0.1) is 0 Å². The Labute approximate surface area is 117 Å². The van der Waals surface area contributed by atoms with E-state index in [-0.39, 0.29) is 18.0 Å². The first-order valence-electron chi connectivity index (χ1n) is 6.05. The first-order chi connectivity index (χ1) is 9.39. The Hall–Kier alpha value is -2.33. The molecule has 0 radical (unpaired) electrons. The highest BCUT2D eigenvalue weighted by atomic mass is 16.6. The number of hydrogen-bond donors (Lipinski definition) is 1. The Morgan fingerprint density at radius 1 is 1.55 bits per heavy atom. The van der Waals surface area contributed by atoms with Crippen LogP contribution in [0.4, 0.5) is 5.69 Å². The Morgan fingerprint density at radius 2 is 2.25 bits per heavy atom. The second kappa shape index (κ2) is 6.73. The fraction of sp³-hybridized carbons (Fsp3) is 0.462. The molecule has 1 aromatic rings. The van der Waals surface area contributed by atoms with Gasteiger partial charge in [0.25, 0.3) is 0 Å². The van der Waals surface area contributed by atoms with Gasteiger partial charge in [-0.2, -0.15) is 5.26 Å². The molecule has 2 N–H and O–H groups in total. The maximum atomic E-state index is 10.9. The fourth-order valence-electron chi connectivity index (χ4n) is 1.57. The van der Waals surface area contributed by atoms with Crippen molar-refractivity contribution >= 4 is 5.69 Å². The zero-order valence-electron chi connectivity index (χ0n) is 11.5. The molecule has 0 saturated carbocycles. The molecule has 1 atom stereocenters. The summed E-state index contributed by atoms with van der Waals surface area (Å²) in [6.07, 6.45) is 0.983. The zero-order chi connectivity index (χ0) is 15.2. The number of hydrogen-bond acceptors (Lipinski definition) is 6. The summed E-state index contributed by atoms with van der Waals surface area (Å²) in [4.78, 5) is 10.4. The summed E-state index contributed by atoms with van der Waals surface area (Å²) in [5, 5.41) is 19.7. The molecule has 0 aliphatic carbocycles. The van der Waals surface area contributed by atoms with Crippen molar-refractivity contribution in [2.24, 2.45) is 5.73 Å². The third kappa shape index (κ3) is 4.40. The highest BCUT2D eigenvalue weighted by Gasteiger charge is 2.18. The predicted octanol–water partition coefficient (Wildman–Crippen LogP) is 2.00. The monoisotopic (exact) mass is 279 g/mol. The Bertz CT molecular complexity index is 523. The average Bonchev–Trinajstić information content (AvgIpc) is 2.43. The SMILES string of the molecule is COc1ccc(OCCCC(C)(N)C#N)c([N+](=O)[O-])c1. The first-order valence-corrected chi connectivity index (χ1v) is 6.05. The van der Waals surface area contributed by atoms with Gasteiger partial charge in [-0.05, 0) is 31.9 Å². The van der Waals surface area contributed by atoms with Crippen LogP contribution >= 0.6 is 0 Å². The van der Waals surface area contributed by atoms with Crippen LogP contribution in [0.15, 0.2) is 18.2 Å². The molecule has 0 heterocycles. The van der Waals surface area contributed by atoms with Crippen LogP contribution in [0, 0.1) is 21.4 Å². The van der Waals surface area contributed by atoms with E-state index < -0.39 is 10.5 Å². The van der Waals surface area contributed by atoms with Crippen molar-refractivity contribution < 1.29 is 14.4 Å². The summed E-state index contributed by atoms with van der Waals surface area (Å²) in [5.74, 6) is 0.564. The number of nitrogens with two attached hydrogens (primary N) is 1. The van der Waals surface area contributed by atoms with E-state index in [2.05, 4.69) is 0 Å². The Balaban J connectivity index is 2.65. The van der Waals surface area contributed by atoms with Crippen molar-refractivity contribution in [2.75, 3.05) is 13.7 Å². The highest BCUT2D eigenvalue weighted by molar-refractivity contribution is 5.50. The third-order valence-electron chi connectivity index (χ3n) is 2.72. The molecule has 0 bridgehead atoms. The van der Waals surface area contributed by atoms with E-state index >= 15 is 0 Å². The van der Waals surface area contributed by atoms with Crippen LogP contribution in [0.3, 0.4) is 0 Å². The molecule has 0 amide bonds. The van der Waals surface area contributed by atoms with E-state index in [1.54, 1.807) is 13.0 Å². The normalized spacial score (nSPS) is 13.1. The molecule has 0 fully saturated rings. The summed E-state index contributed by atoms with van der Waals surface area (Å²) < 4.78 is 10.3. The number of methoxy groups -OCH3 is 1. The van der Waals surface area contributed by atoms with Crippen molar-refractivity contribution in [3.8, 4) is 17.6 Å². The standard InChI is InChI=1S/C13H17N3O4/c1-13(15,9-14)6-3-7-20-12-5-4-10(19-2)8-11(12)16(17)18/h4-5,8H,3,6-7,15H2,1-2H3. The third-order valence-corrected chi connectivity index (χ3v) is 2.72. The van der Waals surface area contributed by atoms with E-state index in [4.69, 9.17) is 20.5 Å². The van der Waals surface area contributed by atoms with E-state index in [1.165, 1.54) is 19.2 Å². The van der Waals surface area contributed by atoms with Crippen LogP contribution < -0.4 is 15.2 Å². The molecule has 7 heteroatoms. The molecular weight excluding hydrogens is 262 g/mol. The van der Waals surface area contributed by atoms with Crippen molar-refractivity contribution in [1.82, 2.24) is 0 Å². The van der Waals surface area contributed by atoms with Crippen molar-refractivity contribution in [1.29, 1.82) is 5.26 Å². The lowest BCUT2D eigenvalue weighted by atomic mass is 10.00. The minimum atomic E-state index is -0.908. The number of ether oxygens (including phenoxy) is 2. The largest absolute Gasteiger partial charge is 0.496 e. The lowest BCUT2D eigenvalue weighted by Gasteiger charge is -2.15. The molecule has 20 heavy (non-hydrogen) atoms. The molecule has 0 aromatic heterocycles. The maximum Gasteiger partial charge on any atom is 0.314 e. The van der Waals surface area contributed by atoms with Crippen LogP contribution in [0.2, 0.25) is 0 Å². The van der Waals surface area contributed by atoms with Gasteiger partial charge in [-0.1, -0.05) is 0 Å². The quantitative estimate of drug-likeness (QED) is 0.464. The Morgan fingerprint density at radius 3 is 2.80 bits per heavy atom. The fourth-order valence-corrected chi connectivity index (χ4v) is 1.57. The lowest BCUT2D eigenvalue weighted by molar-refractivity contribution is -0.385. The number of nitro benzene ring substituents is 1. The number of nitriles is 1. The lowest BCUT2D eigenvalue weighted by Crippen LogP contribution is -2.34. The van der Waals surface area contributed by atoms with Crippen LogP contribution in [-0.4, -0.2) is 24.2 Å². The Kier molecular flexibility index (Phi) is 5.29. The number of benzene rings is 1. The van der Waals surface area contributed by atoms with Crippen molar-refractivity contribution in [3.63, 3.8) is 0 Å². The highest BCUT2D eigenvalue weighted by Crippen LogP contribution is 2.31. The van der Waals surface area contributed by atoms with Gasteiger partial charge in [0.05, 0.1) is 30.8 Å². The molecule has 1 unspecified atom stereocenters. The second-order valence-corrected chi connectivity index (χ2v) is 4.57. The molecule has 108 valence electrons. The van der Waals surface area contributed by atoms with E-state index in [1.807, 2.05) is 6.07 Å². The number of nitrogens with zero attached hydrogens (tertiary/aromatic N) is 2. The van der Waals surface area contributed by atoms with Gasteiger partial charge in [-0.3, -0.25) is 10.1 Å². The molecule has 7 nitrogen and oxygen atoms in total. The summed E-state index contributed by atoms with van der Waals surface area (Å²) in [6, 6.07) is 6.36. The van der Waals surface area contributed by atoms with Gasteiger partial charge >= 0.3 is 5.69 Å². The minimum Gasteiger partial charge on any atom is -0.496 e. The summed E-state index contributed by atoms with van der Waals surface area (Å²) in [7, 11) is 1.43. The van der Waals surface area contributed by atoms with Crippen LogP contribution in [0.1, 0.15) is 19.8 Å². The molecule has 1 aromatic carbocycles. The maximum absolute atomic E-state index is 10.9. The molecule has 0 spiro atoms. The van der Waals surface area contributed by atoms with E-state index in [0.29, 0.717) is 18.6 Å². The van der Waals surface area contributed by atoms with E-state index in [9.17, 15) is 10.1 Å². The molecular formula is C13H17N3O4. The summed E-state index contributed by atoms with van der Waals surface area (Å²) >= 11 is 0. The topological polar surface area (TPSA) is 111 Å². The molecule has 0 saturated heterocycles. The van der Waals surface area contributed by atoms with Gasteiger partial charge in [0.2, 0.25) is 0 Å². The van der Waals surface area contributed by atoms with Gasteiger partial charge in [0.15, 0.2) is 5.75 Å². The zero-order valence-corrected chi connectivity index (χ0v) is 11.5. The molecule has 0 aliphatic heterocycles. The smallest absolute Gasteiger partial charge is 0.314 e. The van der Waals surface area contributed by atoms with Gasteiger partial charge in [-0.25, -0.2) is 0 Å². The van der Waals surface area contributed by atoms with Gasteiger partial charge in [0.1, 0.15) is 11.3 Å². The van der Waals surface area contributed by atoms with Crippen LogP contribution in [-0.2, 0) is 0 Å². The van der Waals surface area contributed by atoms with Crippen molar-refractivity contribution in [3.05, 3.63) is 28.3 Å². The summed E-state index contributed by atoms with van der Waals surface area (Å²) in [6.45, 7) is 1.88. The predicted molar refractivity (Wildman–Crippen MR) is 72.6 cm³/mol. The summed E-state index contributed by atoms with van der Waals surface area (Å²) in [5.41, 5.74) is 4.61. The molecule has 1 rings (SSSR count). The first kappa shape index (κ1) is 15.7. The number of nitro groups is 1. The minimum absolute atomic E-state index is 0.153. The van der Waals surface area contributed by atoms with E-state index in [0.717, 1.165) is 0 Å². The van der Waals surface area contributed by atoms with Crippen molar-refractivity contribution in [2.45, 2.75) is 25.3 Å². The second-order valence-electron chi connectivity index (χ2n) is 4.57. The van der Waals surface area contributed by atoms with Gasteiger partial charge < -0.3 is 15.2 Å². The number of rotatable bonds is 7. The molecule has 0 aliphatic rings. The average molecular weight is 279 g/mol. The van der Waals surface area contributed by atoms with Crippen LogP contribution in [0.5, 0.6) is 11.5 Å².